The van der Waals surface area contributed by atoms with E-state index in [0.29, 0.717) is 19.5 Å². The Balaban J connectivity index is 1.67. The van der Waals surface area contributed by atoms with Crippen LogP contribution in [0.3, 0.4) is 0 Å². The fraction of sp³-hybridized carbons (Fsp3) is 0.450. The smallest absolute Gasteiger partial charge is 0.303 e. The highest BCUT2D eigenvalue weighted by Crippen LogP contribution is 2.23. The fourth-order valence-corrected chi connectivity index (χ4v) is 3.65. The van der Waals surface area contributed by atoms with E-state index in [9.17, 15) is 9.59 Å². The van der Waals surface area contributed by atoms with Gasteiger partial charge < -0.3 is 10.0 Å². The second kappa shape index (κ2) is 7.72. The molecule has 2 heterocycles. The predicted octanol–water partition coefficient (Wildman–Crippen LogP) is 2.74. The van der Waals surface area contributed by atoms with Gasteiger partial charge in [-0.25, -0.2) is 4.68 Å². The number of para-hydroxylation sites is 1. The molecule has 1 aliphatic heterocycles. The number of likely N-dealkylation sites (tertiary alicyclic amines) is 1. The molecule has 0 bridgehead atoms. The predicted molar refractivity (Wildman–Crippen MR) is 98.3 cm³/mol. The third kappa shape index (κ3) is 3.95. The first-order valence-electron chi connectivity index (χ1n) is 9.05. The number of carbonyl (C=O) groups is 2. The van der Waals surface area contributed by atoms with Crippen LogP contribution in [0.2, 0.25) is 0 Å². The molecule has 2 aromatic rings. The van der Waals surface area contributed by atoms with E-state index in [4.69, 9.17) is 5.11 Å². The van der Waals surface area contributed by atoms with E-state index in [-0.39, 0.29) is 18.2 Å². The molecule has 6 heteroatoms. The molecule has 0 saturated carbocycles. The lowest BCUT2D eigenvalue weighted by Gasteiger charge is -2.31. The Kier molecular flexibility index (Phi) is 5.40. The lowest BCUT2D eigenvalue weighted by molar-refractivity contribution is -0.138. The van der Waals surface area contributed by atoms with Crippen LogP contribution >= 0.6 is 0 Å². The molecular formula is C20H25N3O3. The van der Waals surface area contributed by atoms with Crippen molar-refractivity contribution in [2.45, 2.75) is 39.5 Å². The molecule has 138 valence electrons. The number of carboxylic acids is 1. The molecule has 0 spiro atoms. The summed E-state index contributed by atoms with van der Waals surface area (Å²) in [5.74, 6) is -0.479. The average Bonchev–Trinajstić information content (AvgIpc) is 2.91. The maximum Gasteiger partial charge on any atom is 0.303 e. The Hall–Kier alpha value is -2.63. The molecule has 0 aliphatic carbocycles. The minimum Gasteiger partial charge on any atom is -0.481 e. The number of hydrogen-bond donors (Lipinski definition) is 1. The number of benzene rings is 1. The molecule has 1 N–H and O–H groups in total. The van der Waals surface area contributed by atoms with Gasteiger partial charge in [-0.2, -0.15) is 5.10 Å². The molecular weight excluding hydrogens is 330 g/mol. The summed E-state index contributed by atoms with van der Waals surface area (Å²) >= 11 is 0. The largest absolute Gasteiger partial charge is 0.481 e. The molecule has 6 nitrogen and oxygen atoms in total. The number of amides is 1. The van der Waals surface area contributed by atoms with Crippen LogP contribution in [0, 0.1) is 19.8 Å². The van der Waals surface area contributed by atoms with Gasteiger partial charge in [0.15, 0.2) is 0 Å². The van der Waals surface area contributed by atoms with Gasteiger partial charge in [-0.05, 0) is 44.7 Å². The van der Waals surface area contributed by atoms with Crippen molar-refractivity contribution in [1.82, 2.24) is 14.7 Å². The molecule has 1 amide bonds. The molecule has 1 aromatic carbocycles. The molecule has 1 saturated heterocycles. The van der Waals surface area contributed by atoms with E-state index in [2.05, 4.69) is 5.10 Å². The topological polar surface area (TPSA) is 75.4 Å². The Morgan fingerprint density at radius 2 is 1.81 bits per heavy atom. The number of carboxylic acid groups (broad SMARTS) is 1. The van der Waals surface area contributed by atoms with Crippen LogP contribution in [-0.4, -0.2) is 44.8 Å². The summed E-state index contributed by atoms with van der Waals surface area (Å²) in [5.41, 5.74) is 3.83. The van der Waals surface area contributed by atoms with Crippen molar-refractivity contribution in [3.63, 3.8) is 0 Å². The van der Waals surface area contributed by atoms with Crippen molar-refractivity contribution in [1.29, 1.82) is 0 Å². The summed E-state index contributed by atoms with van der Waals surface area (Å²) in [5, 5.41) is 13.5. The molecule has 1 fully saturated rings. The van der Waals surface area contributed by atoms with Gasteiger partial charge in [-0.1, -0.05) is 18.2 Å². The maximum absolute atomic E-state index is 12.7. The fourth-order valence-electron chi connectivity index (χ4n) is 3.65. The van der Waals surface area contributed by atoms with Crippen molar-refractivity contribution >= 4 is 11.9 Å². The van der Waals surface area contributed by atoms with E-state index in [1.165, 1.54) is 0 Å². The van der Waals surface area contributed by atoms with Gasteiger partial charge in [0.05, 0.1) is 17.8 Å². The van der Waals surface area contributed by atoms with E-state index in [1.54, 1.807) is 0 Å². The van der Waals surface area contributed by atoms with Crippen LogP contribution in [0.1, 0.15) is 36.2 Å². The normalized spacial score (nSPS) is 15.2. The molecule has 1 aliphatic rings. The van der Waals surface area contributed by atoms with Crippen molar-refractivity contribution in [3.8, 4) is 5.69 Å². The first-order chi connectivity index (χ1) is 12.5. The van der Waals surface area contributed by atoms with Crippen LogP contribution in [-0.2, 0) is 16.0 Å². The van der Waals surface area contributed by atoms with E-state index in [0.717, 1.165) is 35.5 Å². The second-order valence-corrected chi connectivity index (χ2v) is 7.00. The first kappa shape index (κ1) is 18.2. The van der Waals surface area contributed by atoms with Crippen LogP contribution < -0.4 is 0 Å². The monoisotopic (exact) mass is 355 g/mol. The van der Waals surface area contributed by atoms with Gasteiger partial charge in [-0.15, -0.1) is 0 Å². The van der Waals surface area contributed by atoms with Gasteiger partial charge >= 0.3 is 5.97 Å². The number of rotatable bonds is 5. The van der Waals surface area contributed by atoms with E-state index in [1.807, 2.05) is 53.8 Å². The molecule has 0 radical (unpaired) electrons. The van der Waals surface area contributed by atoms with Crippen molar-refractivity contribution in [2.75, 3.05) is 13.1 Å². The highest BCUT2D eigenvalue weighted by atomic mass is 16.4. The molecule has 26 heavy (non-hydrogen) atoms. The van der Waals surface area contributed by atoms with Crippen LogP contribution in [0.15, 0.2) is 30.3 Å². The van der Waals surface area contributed by atoms with Gasteiger partial charge in [0, 0.05) is 30.8 Å². The summed E-state index contributed by atoms with van der Waals surface area (Å²) in [7, 11) is 0. The van der Waals surface area contributed by atoms with Crippen LogP contribution in [0.5, 0.6) is 0 Å². The van der Waals surface area contributed by atoms with Crippen molar-refractivity contribution < 1.29 is 14.7 Å². The van der Waals surface area contributed by atoms with Gasteiger partial charge in [-0.3, -0.25) is 9.59 Å². The number of aromatic nitrogens is 2. The quantitative estimate of drug-likeness (QED) is 0.895. The zero-order valence-electron chi connectivity index (χ0n) is 15.3. The summed E-state index contributed by atoms with van der Waals surface area (Å²) < 4.78 is 1.89. The Labute approximate surface area is 153 Å². The highest BCUT2D eigenvalue weighted by molar-refractivity contribution is 5.79. The molecule has 3 rings (SSSR count). The summed E-state index contributed by atoms with van der Waals surface area (Å²) in [6, 6.07) is 9.90. The number of nitrogens with zero attached hydrogens (tertiary/aromatic N) is 3. The van der Waals surface area contributed by atoms with E-state index >= 15 is 0 Å². The van der Waals surface area contributed by atoms with Crippen molar-refractivity contribution in [3.05, 3.63) is 47.3 Å². The number of aryl methyl sites for hydroxylation is 1. The number of hydrogen-bond acceptors (Lipinski definition) is 3. The summed E-state index contributed by atoms with van der Waals surface area (Å²) in [4.78, 5) is 25.4. The van der Waals surface area contributed by atoms with Crippen LogP contribution in [0.4, 0.5) is 0 Å². The third-order valence-corrected chi connectivity index (χ3v) is 5.20. The lowest BCUT2D eigenvalue weighted by atomic mass is 9.93. The number of aliphatic carboxylic acids is 1. The van der Waals surface area contributed by atoms with Gasteiger partial charge in [0.1, 0.15) is 0 Å². The minimum atomic E-state index is -0.755. The zero-order chi connectivity index (χ0) is 18.7. The summed E-state index contributed by atoms with van der Waals surface area (Å²) in [6.45, 7) is 5.21. The van der Waals surface area contributed by atoms with Gasteiger partial charge in [0.25, 0.3) is 0 Å². The zero-order valence-corrected chi connectivity index (χ0v) is 15.3. The lowest BCUT2D eigenvalue weighted by Crippen LogP contribution is -2.39. The summed E-state index contributed by atoms with van der Waals surface area (Å²) in [6.07, 6.45) is 2.07. The Morgan fingerprint density at radius 1 is 1.15 bits per heavy atom. The molecule has 0 atom stereocenters. The minimum absolute atomic E-state index is 0.0950. The standard InChI is InChI=1S/C20H25N3O3/c1-14-18(15(2)23(21-14)17-6-4-3-5-7-17)13-19(24)22-10-8-16(9-11-22)12-20(25)26/h3-7,16H,8-13H2,1-2H3,(H,25,26). The third-order valence-electron chi connectivity index (χ3n) is 5.20. The number of carbonyl (C=O) groups excluding carboxylic acids is 1. The average molecular weight is 355 g/mol. The van der Waals surface area contributed by atoms with Crippen LogP contribution in [0.25, 0.3) is 5.69 Å². The first-order valence-corrected chi connectivity index (χ1v) is 9.05. The van der Waals surface area contributed by atoms with Crippen molar-refractivity contribution in [2.24, 2.45) is 5.92 Å². The Bertz CT molecular complexity index is 790. The highest BCUT2D eigenvalue weighted by Gasteiger charge is 2.25. The maximum atomic E-state index is 12.7. The SMILES string of the molecule is Cc1nn(-c2ccccc2)c(C)c1CC(=O)N1CCC(CC(=O)O)CC1. The Morgan fingerprint density at radius 3 is 2.42 bits per heavy atom. The molecule has 0 unspecified atom stereocenters. The van der Waals surface area contributed by atoms with Gasteiger partial charge in [0.2, 0.25) is 5.91 Å². The number of piperidine rings is 1. The second-order valence-electron chi connectivity index (χ2n) is 7.00. The molecule has 1 aromatic heterocycles. The van der Waals surface area contributed by atoms with E-state index < -0.39 is 5.97 Å².